The molecule has 9 heteroatoms. The van der Waals surface area contributed by atoms with Crippen molar-refractivity contribution in [2.45, 2.75) is 13.0 Å². The maximum Gasteiger partial charge on any atom is 0.325 e. The predicted molar refractivity (Wildman–Crippen MR) is 115 cm³/mol. The monoisotopic (exact) mass is 430 g/mol. The Balaban J connectivity index is 1.50. The number of benzene rings is 2. The number of ether oxygens (including phenoxy) is 1. The summed E-state index contributed by atoms with van der Waals surface area (Å²) < 4.78 is 5.20. The number of hydrogen-bond acceptors (Lipinski definition) is 5. The average molecular weight is 431 g/mol. The molecule has 0 unspecified atom stereocenters. The van der Waals surface area contributed by atoms with E-state index in [0.717, 1.165) is 5.56 Å². The lowest BCUT2D eigenvalue weighted by atomic mass is 10.2. The molecule has 0 aliphatic carbocycles. The molecule has 0 radical (unpaired) electrons. The van der Waals surface area contributed by atoms with E-state index in [-0.39, 0.29) is 12.3 Å². The number of urea groups is 1. The van der Waals surface area contributed by atoms with Crippen LogP contribution >= 0.6 is 22.9 Å². The second-order valence-corrected chi connectivity index (χ2v) is 7.23. The second kappa shape index (κ2) is 9.90. The van der Waals surface area contributed by atoms with Crippen molar-refractivity contribution in [1.29, 1.82) is 0 Å². The summed E-state index contributed by atoms with van der Waals surface area (Å²) in [7, 11) is 1.53. The van der Waals surface area contributed by atoms with Gasteiger partial charge in [0.1, 0.15) is 5.75 Å². The number of nitrogens with zero attached hydrogens (tertiary/aromatic N) is 1. The number of methoxy groups -OCH3 is 1. The SMILES string of the molecule is COc1ccccc1NC(=O)Nc1nc(CC(=O)NCc2ccccc2Cl)cs1. The van der Waals surface area contributed by atoms with E-state index in [0.29, 0.717) is 33.8 Å². The molecule has 3 aromatic rings. The van der Waals surface area contributed by atoms with Gasteiger partial charge in [-0.2, -0.15) is 0 Å². The van der Waals surface area contributed by atoms with Crippen LogP contribution in [0.5, 0.6) is 5.75 Å². The fraction of sp³-hybridized carbons (Fsp3) is 0.150. The van der Waals surface area contributed by atoms with E-state index in [1.807, 2.05) is 24.3 Å². The highest BCUT2D eigenvalue weighted by atomic mass is 35.5. The van der Waals surface area contributed by atoms with Crippen molar-refractivity contribution >= 4 is 45.7 Å². The van der Waals surface area contributed by atoms with Gasteiger partial charge in [-0.15, -0.1) is 11.3 Å². The molecule has 0 saturated heterocycles. The largest absolute Gasteiger partial charge is 0.495 e. The number of carbonyl (C=O) groups excluding carboxylic acids is 2. The van der Waals surface area contributed by atoms with Crippen molar-refractivity contribution in [2.24, 2.45) is 0 Å². The van der Waals surface area contributed by atoms with Gasteiger partial charge in [-0.05, 0) is 23.8 Å². The average Bonchev–Trinajstić information content (AvgIpc) is 3.14. The lowest BCUT2D eigenvalue weighted by molar-refractivity contribution is -0.120. The zero-order valence-corrected chi connectivity index (χ0v) is 17.1. The summed E-state index contributed by atoms with van der Waals surface area (Å²) in [4.78, 5) is 28.6. The van der Waals surface area contributed by atoms with Crippen molar-refractivity contribution in [3.8, 4) is 5.75 Å². The van der Waals surface area contributed by atoms with Crippen LogP contribution in [-0.4, -0.2) is 24.0 Å². The summed E-state index contributed by atoms with van der Waals surface area (Å²) in [5.41, 5.74) is 1.96. The Morgan fingerprint density at radius 2 is 1.86 bits per heavy atom. The van der Waals surface area contributed by atoms with Crippen molar-refractivity contribution in [3.05, 3.63) is 70.2 Å². The summed E-state index contributed by atoms with van der Waals surface area (Å²) in [5.74, 6) is 0.373. The van der Waals surface area contributed by atoms with Crippen LogP contribution in [0.2, 0.25) is 5.02 Å². The highest BCUT2D eigenvalue weighted by Crippen LogP contribution is 2.23. The minimum atomic E-state index is -0.446. The van der Waals surface area contributed by atoms with Gasteiger partial charge in [-0.25, -0.2) is 9.78 Å². The molecule has 3 amide bonds. The number of nitrogens with one attached hydrogen (secondary N) is 3. The lowest BCUT2D eigenvalue weighted by Crippen LogP contribution is -2.25. The molecule has 3 rings (SSSR count). The quantitative estimate of drug-likeness (QED) is 0.520. The molecule has 0 aliphatic heterocycles. The molecule has 1 aromatic heterocycles. The number of thiazole rings is 1. The van der Waals surface area contributed by atoms with E-state index in [9.17, 15) is 9.59 Å². The van der Waals surface area contributed by atoms with E-state index in [4.69, 9.17) is 16.3 Å². The smallest absolute Gasteiger partial charge is 0.325 e. The van der Waals surface area contributed by atoms with Gasteiger partial charge in [-0.1, -0.05) is 41.9 Å². The minimum absolute atomic E-state index is 0.108. The Kier molecular flexibility index (Phi) is 7.04. The summed E-state index contributed by atoms with van der Waals surface area (Å²) in [6.45, 7) is 0.342. The number of carbonyl (C=O) groups is 2. The first-order valence-corrected chi connectivity index (χ1v) is 9.96. The van der Waals surface area contributed by atoms with E-state index < -0.39 is 6.03 Å². The van der Waals surface area contributed by atoms with Crippen molar-refractivity contribution in [1.82, 2.24) is 10.3 Å². The maximum atomic E-state index is 12.2. The van der Waals surface area contributed by atoms with Gasteiger partial charge in [0.25, 0.3) is 0 Å². The molecule has 7 nitrogen and oxygen atoms in total. The van der Waals surface area contributed by atoms with Crippen LogP contribution in [0.1, 0.15) is 11.3 Å². The number of amides is 3. The highest BCUT2D eigenvalue weighted by molar-refractivity contribution is 7.14. The summed E-state index contributed by atoms with van der Waals surface area (Å²) in [6, 6.07) is 14.0. The highest BCUT2D eigenvalue weighted by Gasteiger charge is 2.12. The van der Waals surface area contributed by atoms with Crippen LogP contribution in [0, 0.1) is 0 Å². The molecule has 0 atom stereocenters. The summed E-state index contributed by atoms with van der Waals surface area (Å²) in [6.07, 6.45) is 0.108. The van der Waals surface area contributed by atoms with Crippen LogP contribution in [-0.2, 0) is 17.8 Å². The van der Waals surface area contributed by atoms with E-state index in [1.54, 1.807) is 29.6 Å². The number of aromatic nitrogens is 1. The first-order valence-electron chi connectivity index (χ1n) is 8.70. The molecule has 150 valence electrons. The first-order chi connectivity index (χ1) is 14.0. The molecule has 0 saturated carbocycles. The molecule has 0 bridgehead atoms. The first kappa shape index (κ1) is 20.6. The number of anilines is 2. The van der Waals surface area contributed by atoms with Crippen LogP contribution in [0.3, 0.4) is 0 Å². The Labute approximate surface area is 177 Å². The lowest BCUT2D eigenvalue weighted by Gasteiger charge is -2.09. The Morgan fingerprint density at radius 1 is 1.10 bits per heavy atom. The van der Waals surface area contributed by atoms with Crippen LogP contribution in [0.4, 0.5) is 15.6 Å². The molecule has 0 aliphatic rings. The minimum Gasteiger partial charge on any atom is -0.495 e. The molecule has 29 heavy (non-hydrogen) atoms. The zero-order valence-electron chi connectivity index (χ0n) is 15.6. The van der Waals surface area contributed by atoms with E-state index in [1.165, 1.54) is 18.4 Å². The van der Waals surface area contributed by atoms with Crippen LogP contribution < -0.4 is 20.7 Å². The third-order valence-corrected chi connectivity index (χ3v) is 5.08. The van der Waals surface area contributed by atoms with Crippen LogP contribution in [0.15, 0.2) is 53.9 Å². The number of halogens is 1. The number of hydrogen-bond donors (Lipinski definition) is 3. The van der Waals surface area contributed by atoms with Crippen molar-refractivity contribution < 1.29 is 14.3 Å². The zero-order chi connectivity index (χ0) is 20.6. The number of rotatable bonds is 7. The molecular weight excluding hydrogens is 412 g/mol. The van der Waals surface area contributed by atoms with Gasteiger partial charge in [-0.3, -0.25) is 10.1 Å². The van der Waals surface area contributed by atoms with Crippen LogP contribution in [0.25, 0.3) is 0 Å². The third-order valence-electron chi connectivity index (χ3n) is 3.90. The summed E-state index contributed by atoms with van der Waals surface area (Å²) >= 11 is 7.32. The van der Waals surface area contributed by atoms with E-state index in [2.05, 4.69) is 20.9 Å². The molecule has 0 spiro atoms. The molecule has 1 heterocycles. The maximum absolute atomic E-state index is 12.2. The summed E-state index contributed by atoms with van der Waals surface area (Å²) in [5, 5.41) is 10.9. The third kappa shape index (κ3) is 5.94. The van der Waals surface area contributed by atoms with Crippen molar-refractivity contribution in [3.63, 3.8) is 0 Å². The van der Waals surface area contributed by atoms with Gasteiger partial charge in [0.05, 0.1) is 24.9 Å². The molecule has 0 fully saturated rings. The molecule has 2 aromatic carbocycles. The fourth-order valence-corrected chi connectivity index (χ4v) is 3.41. The second-order valence-electron chi connectivity index (χ2n) is 5.97. The van der Waals surface area contributed by atoms with Gasteiger partial charge in [0, 0.05) is 16.9 Å². The Morgan fingerprint density at radius 3 is 2.66 bits per heavy atom. The molecular formula is C20H19ClN4O3S. The normalized spacial score (nSPS) is 10.3. The van der Waals surface area contributed by atoms with E-state index >= 15 is 0 Å². The Bertz CT molecular complexity index is 1010. The van der Waals surface area contributed by atoms with Gasteiger partial charge < -0.3 is 15.4 Å². The van der Waals surface area contributed by atoms with Gasteiger partial charge in [0.2, 0.25) is 5.91 Å². The van der Waals surface area contributed by atoms with Gasteiger partial charge in [0.15, 0.2) is 5.13 Å². The standard InChI is InChI=1S/C20H19ClN4O3S/c1-28-17-9-5-4-8-16(17)24-19(27)25-20-23-14(12-29-20)10-18(26)22-11-13-6-2-3-7-15(13)21/h2-9,12H,10-11H2,1H3,(H,22,26)(H2,23,24,25,27). The Hall–Kier alpha value is -3.10. The number of para-hydroxylation sites is 2. The fourth-order valence-electron chi connectivity index (χ4n) is 2.51. The topological polar surface area (TPSA) is 92.3 Å². The van der Waals surface area contributed by atoms with Crippen molar-refractivity contribution in [2.75, 3.05) is 17.7 Å². The predicted octanol–water partition coefficient (Wildman–Crippen LogP) is 4.31. The van der Waals surface area contributed by atoms with Gasteiger partial charge >= 0.3 is 6.03 Å². The molecule has 3 N–H and O–H groups in total.